The molecule has 0 amide bonds. The van der Waals surface area contributed by atoms with Gasteiger partial charge in [-0.3, -0.25) is 9.58 Å². The number of aromatic nitrogens is 2. The lowest BCUT2D eigenvalue weighted by atomic mass is 10.0. The Morgan fingerprint density at radius 2 is 1.88 bits per heavy atom. The van der Waals surface area contributed by atoms with E-state index in [2.05, 4.69) is 23.1 Å². The molecule has 1 aromatic rings. The lowest BCUT2D eigenvalue weighted by Crippen LogP contribution is -2.39. The Kier molecular flexibility index (Phi) is 4.18. The monoisotopic (exact) mass is 236 g/mol. The van der Waals surface area contributed by atoms with Crippen LogP contribution in [0.4, 0.5) is 0 Å². The fourth-order valence-electron chi connectivity index (χ4n) is 2.81. The second kappa shape index (κ2) is 5.65. The zero-order valence-corrected chi connectivity index (χ0v) is 11.0. The molecule has 0 bridgehead atoms. The highest BCUT2D eigenvalue weighted by Crippen LogP contribution is 2.25. The van der Waals surface area contributed by atoms with Gasteiger partial charge in [-0.15, -0.1) is 0 Å². The Labute approximate surface area is 104 Å². The molecule has 2 N–H and O–H groups in total. The van der Waals surface area contributed by atoms with Crippen LogP contribution in [-0.4, -0.2) is 33.8 Å². The first-order valence-corrected chi connectivity index (χ1v) is 6.66. The molecule has 0 aliphatic carbocycles. The summed E-state index contributed by atoms with van der Waals surface area (Å²) in [7, 11) is 1.96. The van der Waals surface area contributed by atoms with Gasteiger partial charge in [0.1, 0.15) is 0 Å². The second-order valence-corrected chi connectivity index (χ2v) is 5.20. The van der Waals surface area contributed by atoms with E-state index in [1.165, 1.54) is 44.3 Å². The molecule has 0 radical (unpaired) electrons. The van der Waals surface area contributed by atoms with Gasteiger partial charge in [0.05, 0.1) is 12.2 Å². The van der Waals surface area contributed by atoms with Gasteiger partial charge in [-0.05, 0) is 32.9 Å². The van der Waals surface area contributed by atoms with Crippen molar-refractivity contribution >= 4 is 0 Å². The number of rotatable bonds is 3. The summed E-state index contributed by atoms with van der Waals surface area (Å²) in [5.74, 6) is 0. The van der Waals surface area contributed by atoms with Crippen molar-refractivity contribution in [3.05, 3.63) is 18.0 Å². The molecule has 1 aromatic heterocycles. The lowest BCUT2D eigenvalue weighted by molar-refractivity contribution is 0.183. The average molecular weight is 236 g/mol. The molecule has 17 heavy (non-hydrogen) atoms. The predicted octanol–water partition coefficient (Wildman–Crippen LogP) is 1.68. The van der Waals surface area contributed by atoms with E-state index >= 15 is 0 Å². The van der Waals surface area contributed by atoms with Crippen LogP contribution in [0.2, 0.25) is 0 Å². The molecule has 1 aliphatic heterocycles. The van der Waals surface area contributed by atoms with Crippen LogP contribution in [-0.2, 0) is 7.05 Å². The molecule has 2 atom stereocenters. The predicted molar refractivity (Wildman–Crippen MR) is 69.6 cm³/mol. The number of hydrogen-bond acceptors (Lipinski definition) is 3. The van der Waals surface area contributed by atoms with Gasteiger partial charge in [-0.2, -0.15) is 5.10 Å². The maximum Gasteiger partial charge on any atom is 0.0538 e. The Morgan fingerprint density at radius 3 is 2.35 bits per heavy atom. The number of aryl methyl sites for hydroxylation is 1. The summed E-state index contributed by atoms with van der Waals surface area (Å²) < 4.78 is 1.86. The lowest BCUT2D eigenvalue weighted by Gasteiger charge is -2.32. The van der Waals surface area contributed by atoms with Crippen molar-refractivity contribution < 1.29 is 0 Å². The second-order valence-electron chi connectivity index (χ2n) is 5.20. The summed E-state index contributed by atoms with van der Waals surface area (Å²) in [6.07, 6.45) is 9.36. The van der Waals surface area contributed by atoms with Crippen LogP contribution in [0.15, 0.2) is 12.4 Å². The normalized spacial score (nSPS) is 22.1. The molecule has 2 heterocycles. The molecule has 2 rings (SSSR count). The van der Waals surface area contributed by atoms with Crippen LogP contribution in [0.25, 0.3) is 0 Å². The quantitative estimate of drug-likeness (QED) is 0.868. The molecule has 1 saturated heterocycles. The van der Waals surface area contributed by atoms with E-state index in [0.717, 1.165) is 0 Å². The third-order valence-corrected chi connectivity index (χ3v) is 3.60. The van der Waals surface area contributed by atoms with Gasteiger partial charge in [0.25, 0.3) is 0 Å². The molecule has 1 aliphatic rings. The van der Waals surface area contributed by atoms with Crippen LogP contribution in [0.5, 0.6) is 0 Å². The van der Waals surface area contributed by atoms with Gasteiger partial charge in [0.2, 0.25) is 0 Å². The molecule has 4 heteroatoms. The van der Waals surface area contributed by atoms with E-state index in [1.54, 1.807) is 0 Å². The smallest absolute Gasteiger partial charge is 0.0538 e. The van der Waals surface area contributed by atoms with Gasteiger partial charge in [-0.25, -0.2) is 0 Å². The van der Waals surface area contributed by atoms with E-state index in [1.807, 2.05) is 17.9 Å². The van der Waals surface area contributed by atoms with Crippen molar-refractivity contribution in [3.63, 3.8) is 0 Å². The Hall–Kier alpha value is -0.870. The van der Waals surface area contributed by atoms with Crippen LogP contribution in [0.3, 0.4) is 0 Å². The van der Waals surface area contributed by atoms with Crippen molar-refractivity contribution in [1.29, 1.82) is 0 Å². The average Bonchev–Trinajstić information content (AvgIpc) is 2.53. The Bertz CT molecular complexity index is 337. The van der Waals surface area contributed by atoms with Gasteiger partial charge in [-0.1, -0.05) is 12.8 Å². The zero-order chi connectivity index (χ0) is 12.3. The minimum absolute atomic E-state index is 0.150. The molecule has 0 aromatic carbocycles. The Morgan fingerprint density at radius 1 is 1.24 bits per heavy atom. The largest absolute Gasteiger partial charge is 0.326 e. The maximum absolute atomic E-state index is 6.18. The van der Waals surface area contributed by atoms with Crippen molar-refractivity contribution in [2.75, 3.05) is 13.1 Å². The zero-order valence-electron chi connectivity index (χ0n) is 11.0. The fourth-order valence-corrected chi connectivity index (χ4v) is 2.81. The third kappa shape index (κ3) is 3.07. The summed E-state index contributed by atoms with van der Waals surface area (Å²) >= 11 is 0. The van der Waals surface area contributed by atoms with Gasteiger partial charge < -0.3 is 5.73 Å². The van der Waals surface area contributed by atoms with Gasteiger partial charge >= 0.3 is 0 Å². The minimum Gasteiger partial charge on any atom is -0.326 e. The van der Waals surface area contributed by atoms with Crippen LogP contribution < -0.4 is 5.73 Å². The van der Waals surface area contributed by atoms with Crippen molar-refractivity contribution in [3.8, 4) is 0 Å². The molecule has 4 nitrogen and oxygen atoms in total. The van der Waals surface area contributed by atoms with Crippen molar-refractivity contribution in [1.82, 2.24) is 14.7 Å². The van der Waals surface area contributed by atoms with Gasteiger partial charge in [0.15, 0.2) is 0 Å². The molecule has 1 fully saturated rings. The summed E-state index contributed by atoms with van der Waals surface area (Å²) in [5, 5.41) is 4.27. The number of nitrogens with zero attached hydrogens (tertiary/aromatic N) is 3. The van der Waals surface area contributed by atoms with Crippen LogP contribution in [0, 0.1) is 0 Å². The molecular formula is C13H24N4. The summed E-state index contributed by atoms with van der Waals surface area (Å²) in [4.78, 5) is 2.54. The van der Waals surface area contributed by atoms with E-state index in [-0.39, 0.29) is 6.04 Å². The molecule has 96 valence electrons. The van der Waals surface area contributed by atoms with Crippen molar-refractivity contribution in [2.24, 2.45) is 12.8 Å². The summed E-state index contributed by atoms with van der Waals surface area (Å²) in [6, 6.07) is 0.471. The van der Waals surface area contributed by atoms with Crippen molar-refractivity contribution in [2.45, 2.75) is 44.7 Å². The first-order valence-electron chi connectivity index (χ1n) is 6.66. The topological polar surface area (TPSA) is 47.1 Å². The highest BCUT2D eigenvalue weighted by Gasteiger charge is 2.25. The summed E-state index contributed by atoms with van der Waals surface area (Å²) in [6.45, 7) is 4.44. The van der Waals surface area contributed by atoms with Crippen LogP contribution >= 0.6 is 0 Å². The van der Waals surface area contributed by atoms with E-state index in [9.17, 15) is 0 Å². The first-order chi connectivity index (χ1) is 8.18. The van der Waals surface area contributed by atoms with E-state index in [0.29, 0.717) is 6.04 Å². The SMILES string of the molecule is CC(N)C(c1cnn(C)c1)N1CCCCCC1. The van der Waals surface area contributed by atoms with E-state index < -0.39 is 0 Å². The maximum atomic E-state index is 6.18. The highest BCUT2D eigenvalue weighted by molar-refractivity contribution is 5.13. The standard InChI is InChI=1S/C13H24N4/c1-11(14)13(12-9-15-16(2)10-12)17-7-5-3-4-6-8-17/h9-11,13H,3-8,14H2,1-2H3. The number of hydrogen-bond donors (Lipinski definition) is 1. The number of likely N-dealkylation sites (tertiary alicyclic amines) is 1. The molecule has 0 spiro atoms. The minimum atomic E-state index is 0.150. The molecule has 2 unspecified atom stereocenters. The van der Waals surface area contributed by atoms with Crippen LogP contribution in [0.1, 0.15) is 44.2 Å². The first kappa shape index (κ1) is 12.6. The van der Waals surface area contributed by atoms with E-state index in [4.69, 9.17) is 5.73 Å². The van der Waals surface area contributed by atoms with Gasteiger partial charge in [0, 0.05) is 24.8 Å². The Balaban J connectivity index is 2.15. The molecular weight excluding hydrogens is 212 g/mol. The molecule has 0 saturated carbocycles. The fraction of sp³-hybridized carbons (Fsp3) is 0.769. The summed E-state index contributed by atoms with van der Waals surface area (Å²) in [5.41, 5.74) is 7.44. The number of nitrogens with two attached hydrogens (primary N) is 1. The highest BCUT2D eigenvalue weighted by atomic mass is 15.3. The third-order valence-electron chi connectivity index (χ3n) is 3.60.